The smallest absolute Gasteiger partial charge is 0.441 e. The van der Waals surface area contributed by atoms with Gasteiger partial charge >= 0.3 is 6.09 Å². The van der Waals surface area contributed by atoms with E-state index in [9.17, 15) is 4.79 Å². The summed E-state index contributed by atoms with van der Waals surface area (Å²) in [5.41, 5.74) is 3.28. The number of carbonyl (C=O) groups is 1. The maximum atomic E-state index is 12.4. The number of fused-ring (bicyclic) bond motifs is 1. The van der Waals surface area contributed by atoms with E-state index in [-0.39, 0.29) is 12.0 Å². The third-order valence-electron chi connectivity index (χ3n) is 7.27. The summed E-state index contributed by atoms with van der Waals surface area (Å²) in [6.45, 7) is 5.78. The predicted molar refractivity (Wildman–Crippen MR) is 150 cm³/mol. The fraction of sp³-hybridized carbons (Fsp3) is 0.567. The lowest BCUT2D eigenvalue weighted by Gasteiger charge is -2.38. The first-order valence-corrected chi connectivity index (χ1v) is 14.0. The van der Waals surface area contributed by atoms with Gasteiger partial charge in [0, 0.05) is 52.9 Å². The second-order valence-corrected chi connectivity index (χ2v) is 9.95. The summed E-state index contributed by atoms with van der Waals surface area (Å²) in [6, 6.07) is 14.4. The monoisotopic (exact) mass is 558 g/mol. The molecule has 1 amide bonds. The molecule has 40 heavy (non-hydrogen) atoms. The molecule has 0 saturated carbocycles. The molecule has 220 valence electrons. The first kappa shape index (κ1) is 29.9. The van der Waals surface area contributed by atoms with E-state index in [4.69, 9.17) is 28.6 Å². The number of benzene rings is 2. The number of likely N-dealkylation sites (tertiary alicyclic amines) is 1. The van der Waals surface area contributed by atoms with Gasteiger partial charge in [-0.25, -0.2) is 4.79 Å². The lowest BCUT2D eigenvalue weighted by Crippen LogP contribution is -2.47. The van der Waals surface area contributed by atoms with Gasteiger partial charge in [-0.15, -0.1) is 0 Å². The Labute approximate surface area is 236 Å². The molecule has 2 aromatic rings. The molecule has 2 unspecified atom stereocenters. The summed E-state index contributed by atoms with van der Waals surface area (Å²) in [6.07, 6.45) is 1.79. The number of amides is 1. The number of anilines is 1. The van der Waals surface area contributed by atoms with Crippen LogP contribution in [0.15, 0.2) is 42.5 Å². The van der Waals surface area contributed by atoms with Crippen molar-refractivity contribution in [3.8, 4) is 11.5 Å². The van der Waals surface area contributed by atoms with E-state index < -0.39 is 6.09 Å². The highest BCUT2D eigenvalue weighted by atomic mass is 17.2. The van der Waals surface area contributed by atoms with Crippen LogP contribution in [-0.2, 0) is 30.6 Å². The maximum Gasteiger partial charge on any atom is 0.441 e. The van der Waals surface area contributed by atoms with Crippen molar-refractivity contribution in [1.82, 2.24) is 4.90 Å². The summed E-state index contributed by atoms with van der Waals surface area (Å²) in [5.74, 6) is 1.83. The summed E-state index contributed by atoms with van der Waals surface area (Å²) < 4.78 is 28.6. The molecular weight excluding hydrogens is 516 g/mol. The van der Waals surface area contributed by atoms with Crippen molar-refractivity contribution in [3.63, 3.8) is 0 Å². The van der Waals surface area contributed by atoms with Crippen molar-refractivity contribution in [2.45, 2.75) is 37.9 Å². The minimum absolute atomic E-state index is 0.112. The van der Waals surface area contributed by atoms with Crippen LogP contribution in [0.25, 0.3) is 0 Å². The van der Waals surface area contributed by atoms with Crippen molar-refractivity contribution in [2.75, 3.05) is 78.8 Å². The van der Waals surface area contributed by atoms with Gasteiger partial charge in [0.25, 0.3) is 0 Å². The summed E-state index contributed by atoms with van der Waals surface area (Å²) in [7, 11) is 4.74. The summed E-state index contributed by atoms with van der Waals surface area (Å²) in [5, 5.41) is 0. The Morgan fingerprint density at radius 3 is 2.55 bits per heavy atom. The minimum Gasteiger partial charge on any atom is -0.494 e. The molecule has 2 heterocycles. The maximum absolute atomic E-state index is 12.4. The van der Waals surface area contributed by atoms with E-state index in [0.29, 0.717) is 39.5 Å². The number of hydrogen-bond acceptors (Lipinski definition) is 9. The molecule has 2 aromatic carbocycles. The quantitative estimate of drug-likeness (QED) is 0.190. The average Bonchev–Trinajstić information content (AvgIpc) is 2.99. The Kier molecular flexibility index (Phi) is 11.7. The fourth-order valence-corrected chi connectivity index (χ4v) is 5.20. The molecule has 2 atom stereocenters. The number of hydrogen-bond donors (Lipinski definition) is 0. The summed E-state index contributed by atoms with van der Waals surface area (Å²) >= 11 is 0. The van der Waals surface area contributed by atoms with E-state index in [0.717, 1.165) is 67.3 Å². The van der Waals surface area contributed by atoms with Crippen LogP contribution in [0.4, 0.5) is 10.5 Å². The van der Waals surface area contributed by atoms with Gasteiger partial charge in [-0.3, -0.25) is 4.89 Å². The lowest BCUT2D eigenvalue weighted by molar-refractivity contribution is -0.223. The standard InChI is InChI=1S/C30H42N2O8/c1-34-16-4-13-31-15-19-38-28-11-6-23(20-27(28)31)22-39-29-21-32(30(33)40-36-3)14-12-26(29)24-7-9-25(10-8-24)37-18-5-17-35-2/h6-11,20,26,29H,4-5,12-19,21-22H2,1-3H3. The Hall–Kier alpha value is -3.05. The van der Waals surface area contributed by atoms with Crippen LogP contribution < -0.4 is 14.4 Å². The molecule has 0 aliphatic carbocycles. The minimum atomic E-state index is -0.507. The number of ether oxygens (including phenoxy) is 5. The van der Waals surface area contributed by atoms with Crippen LogP contribution in [0.1, 0.15) is 36.3 Å². The molecule has 4 rings (SSSR count). The van der Waals surface area contributed by atoms with Crippen molar-refractivity contribution in [3.05, 3.63) is 53.6 Å². The van der Waals surface area contributed by atoms with Gasteiger partial charge in [0.15, 0.2) is 0 Å². The molecule has 0 N–H and O–H groups in total. The topological polar surface area (TPSA) is 88.2 Å². The predicted octanol–water partition coefficient (Wildman–Crippen LogP) is 4.41. The number of methoxy groups -OCH3 is 2. The van der Waals surface area contributed by atoms with Crippen LogP contribution in [0.5, 0.6) is 11.5 Å². The lowest BCUT2D eigenvalue weighted by atomic mass is 9.87. The number of rotatable bonds is 14. The van der Waals surface area contributed by atoms with Gasteiger partial charge < -0.3 is 33.5 Å². The van der Waals surface area contributed by atoms with E-state index in [1.165, 1.54) is 7.11 Å². The van der Waals surface area contributed by atoms with Crippen LogP contribution in [0.3, 0.4) is 0 Å². The average molecular weight is 559 g/mol. The third-order valence-corrected chi connectivity index (χ3v) is 7.27. The number of nitrogens with zero attached hydrogens (tertiary/aromatic N) is 2. The highest BCUT2D eigenvalue weighted by Gasteiger charge is 2.34. The number of piperidine rings is 1. The Balaban J connectivity index is 1.44. The van der Waals surface area contributed by atoms with Crippen molar-refractivity contribution < 1.29 is 38.3 Å². The molecule has 1 saturated heterocycles. The van der Waals surface area contributed by atoms with Crippen LogP contribution in [0, 0.1) is 0 Å². The Morgan fingerprint density at radius 1 is 0.975 bits per heavy atom. The molecule has 0 radical (unpaired) electrons. The molecule has 10 nitrogen and oxygen atoms in total. The molecule has 10 heteroatoms. The van der Waals surface area contributed by atoms with E-state index >= 15 is 0 Å². The number of carbonyl (C=O) groups excluding carboxylic acids is 1. The van der Waals surface area contributed by atoms with Crippen molar-refractivity contribution in [2.24, 2.45) is 0 Å². The van der Waals surface area contributed by atoms with E-state index in [1.54, 1.807) is 19.1 Å². The third kappa shape index (κ3) is 8.23. The molecule has 2 aliphatic rings. The second kappa shape index (κ2) is 15.7. The molecule has 0 aromatic heterocycles. The van der Waals surface area contributed by atoms with Gasteiger partial charge in [-0.2, -0.15) is 4.89 Å². The van der Waals surface area contributed by atoms with Gasteiger partial charge in [-0.05, 0) is 48.2 Å². The van der Waals surface area contributed by atoms with Crippen LogP contribution in [0.2, 0.25) is 0 Å². The van der Waals surface area contributed by atoms with Gasteiger partial charge in [-0.1, -0.05) is 18.2 Å². The van der Waals surface area contributed by atoms with Gasteiger partial charge in [0.05, 0.1) is 45.2 Å². The van der Waals surface area contributed by atoms with E-state index in [1.807, 2.05) is 24.3 Å². The molecular formula is C30H42N2O8. The zero-order valence-electron chi connectivity index (χ0n) is 23.8. The highest BCUT2D eigenvalue weighted by Crippen LogP contribution is 2.35. The fourth-order valence-electron chi connectivity index (χ4n) is 5.20. The van der Waals surface area contributed by atoms with Crippen LogP contribution in [-0.4, -0.2) is 91.0 Å². The summed E-state index contributed by atoms with van der Waals surface area (Å²) in [4.78, 5) is 25.8. The van der Waals surface area contributed by atoms with Gasteiger partial charge in [0.1, 0.15) is 18.1 Å². The first-order valence-electron chi connectivity index (χ1n) is 14.0. The van der Waals surface area contributed by atoms with E-state index in [2.05, 4.69) is 28.0 Å². The second-order valence-electron chi connectivity index (χ2n) is 9.95. The SMILES string of the molecule is COCCCOc1ccc(C2CCN(C(=O)OOC)CC2OCc2ccc3c(c2)N(CCCOC)CCO3)cc1. The highest BCUT2D eigenvalue weighted by molar-refractivity contribution is 5.67. The Morgan fingerprint density at radius 2 is 1.77 bits per heavy atom. The molecule has 1 fully saturated rings. The molecule has 2 aliphatic heterocycles. The molecule has 0 spiro atoms. The van der Waals surface area contributed by atoms with Crippen molar-refractivity contribution in [1.29, 1.82) is 0 Å². The zero-order valence-corrected chi connectivity index (χ0v) is 23.8. The zero-order chi connectivity index (χ0) is 28.2. The van der Waals surface area contributed by atoms with Gasteiger partial charge in [0.2, 0.25) is 0 Å². The molecule has 0 bridgehead atoms. The first-order chi connectivity index (χ1) is 19.6. The largest absolute Gasteiger partial charge is 0.494 e. The Bertz CT molecular complexity index is 1050. The normalized spacial score (nSPS) is 18.7. The van der Waals surface area contributed by atoms with Crippen molar-refractivity contribution >= 4 is 11.8 Å². The van der Waals surface area contributed by atoms with Crippen LogP contribution >= 0.6 is 0 Å².